The Kier molecular flexibility index (Phi) is 5.21. The maximum atomic E-state index is 12.4. The molecule has 0 saturated carbocycles. The molecule has 2 aromatic carbocycles. The fourth-order valence-corrected chi connectivity index (χ4v) is 3.04. The van der Waals surface area contributed by atoms with Crippen molar-refractivity contribution in [3.63, 3.8) is 0 Å². The van der Waals surface area contributed by atoms with E-state index >= 15 is 0 Å². The smallest absolute Gasteiger partial charge is 0.248 e. The van der Waals surface area contributed by atoms with Crippen molar-refractivity contribution in [1.29, 1.82) is 0 Å². The minimum atomic E-state index is -0.112. The first kappa shape index (κ1) is 18.6. The summed E-state index contributed by atoms with van der Waals surface area (Å²) in [5.41, 5.74) is 2.95. The molecule has 7 nitrogen and oxygen atoms in total. The molecule has 0 aromatic heterocycles. The van der Waals surface area contributed by atoms with Crippen molar-refractivity contribution in [3.8, 4) is 23.0 Å². The summed E-state index contributed by atoms with van der Waals surface area (Å²) < 4.78 is 21.6. The summed E-state index contributed by atoms with van der Waals surface area (Å²) in [6.07, 6.45) is 0. The van der Waals surface area contributed by atoms with Crippen molar-refractivity contribution in [2.45, 2.75) is 0 Å². The van der Waals surface area contributed by atoms with E-state index in [-0.39, 0.29) is 12.5 Å². The van der Waals surface area contributed by atoms with Crippen LogP contribution in [0.1, 0.15) is 11.1 Å². The molecule has 7 heteroatoms. The quantitative estimate of drug-likeness (QED) is 0.809. The summed E-state index contributed by atoms with van der Waals surface area (Å²) in [6, 6.07) is 9.16. The van der Waals surface area contributed by atoms with Gasteiger partial charge in [-0.25, -0.2) is 0 Å². The van der Waals surface area contributed by atoms with Gasteiger partial charge in [-0.3, -0.25) is 9.79 Å². The maximum absolute atomic E-state index is 12.4. The van der Waals surface area contributed by atoms with E-state index in [1.807, 2.05) is 24.3 Å². The minimum absolute atomic E-state index is 0.0412. The van der Waals surface area contributed by atoms with Gasteiger partial charge < -0.3 is 23.8 Å². The van der Waals surface area contributed by atoms with Crippen molar-refractivity contribution in [1.82, 2.24) is 0 Å². The van der Waals surface area contributed by atoms with Gasteiger partial charge >= 0.3 is 0 Å². The Hall–Kier alpha value is -3.22. The normalized spacial score (nSPS) is 13.4. The van der Waals surface area contributed by atoms with Gasteiger partial charge in [0.1, 0.15) is 6.54 Å². The molecule has 0 aliphatic carbocycles. The van der Waals surface area contributed by atoms with Crippen LogP contribution in [0.4, 0.5) is 5.69 Å². The summed E-state index contributed by atoms with van der Waals surface area (Å²) in [6.45, 7) is 0.0412. The molecule has 0 radical (unpaired) electrons. The molecule has 0 saturated heterocycles. The number of rotatable bonds is 5. The summed E-state index contributed by atoms with van der Waals surface area (Å²) in [5.74, 6) is 2.20. The van der Waals surface area contributed by atoms with Crippen LogP contribution in [0, 0.1) is 0 Å². The summed E-state index contributed by atoms with van der Waals surface area (Å²) >= 11 is 0. The Morgan fingerprint density at radius 2 is 1.44 bits per heavy atom. The Labute approximate surface area is 158 Å². The van der Waals surface area contributed by atoms with Crippen molar-refractivity contribution < 1.29 is 23.7 Å². The third-order valence-electron chi connectivity index (χ3n) is 4.52. The van der Waals surface area contributed by atoms with Crippen molar-refractivity contribution in [2.24, 2.45) is 4.99 Å². The van der Waals surface area contributed by atoms with E-state index in [4.69, 9.17) is 18.9 Å². The van der Waals surface area contributed by atoms with E-state index in [9.17, 15) is 4.79 Å². The topological polar surface area (TPSA) is 69.6 Å². The predicted molar refractivity (Wildman–Crippen MR) is 103 cm³/mol. The Bertz CT molecular complexity index is 907. The second-order valence-corrected chi connectivity index (χ2v) is 5.91. The van der Waals surface area contributed by atoms with Crippen molar-refractivity contribution in [2.75, 3.05) is 46.9 Å². The van der Waals surface area contributed by atoms with Crippen LogP contribution in [-0.2, 0) is 4.79 Å². The molecule has 1 aliphatic heterocycles. The lowest BCUT2D eigenvalue weighted by atomic mass is 9.99. The lowest BCUT2D eigenvalue weighted by molar-refractivity contribution is -0.116. The molecule has 3 rings (SSSR count). The molecule has 0 atom stereocenters. The van der Waals surface area contributed by atoms with Gasteiger partial charge in [0.05, 0.1) is 39.8 Å². The van der Waals surface area contributed by atoms with Crippen LogP contribution in [0.3, 0.4) is 0 Å². The van der Waals surface area contributed by atoms with Crippen molar-refractivity contribution >= 4 is 17.3 Å². The van der Waals surface area contributed by atoms with E-state index in [0.29, 0.717) is 34.4 Å². The van der Waals surface area contributed by atoms with Crippen LogP contribution in [-0.4, -0.2) is 53.7 Å². The molecule has 0 spiro atoms. The maximum Gasteiger partial charge on any atom is 0.248 e. The fourth-order valence-electron chi connectivity index (χ4n) is 3.04. The summed E-state index contributed by atoms with van der Waals surface area (Å²) in [4.78, 5) is 18.6. The van der Waals surface area contributed by atoms with Crippen LogP contribution in [0.2, 0.25) is 0 Å². The Balaban J connectivity index is 2.23. The van der Waals surface area contributed by atoms with Crippen LogP contribution in [0.25, 0.3) is 0 Å². The number of anilines is 1. The number of benzene rings is 2. The third kappa shape index (κ3) is 3.28. The van der Waals surface area contributed by atoms with E-state index < -0.39 is 0 Å². The number of ether oxygens (including phenoxy) is 4. The first-order valence-electron chi connectivity index (χ1n) is 8.33. The molecule has 2 aromatic rings. The third-order valence-corrected chi connectivity index (χ3v) is 4.52. The number of methoxy groups -OCH3 is 4. The molecule has 1 heterocycles. The van der Waals surface area contributed by atoms with E-state index in [1.165, 1.54) is 0 Å². The molecule has 0 fully saturated rings. The zero-order valence-electron chi connectivity index (χ0n) is 16.0. The molecule has 1 amide bonds. The summed E-state index contributed by atoms with van der Waals surface area (Å²) in [5, 5.41) is 0. The van der Waals surface area contributed by atoms with Crippen molar-refractivity contribution in [3.05, 3.63) is 41.5 Å². The zero-order chi connectivity index (χ0) is 19.6. The standard InChI is InChI=1S/C20H22N2O5/c1-22-14-10-18(27-5)17(26-4)9-13(14)20(21-11-19(22)23)12-6-7-15(24-2)16(8-12)25-3/h6-10H,11H2,1-5H3. The van der Waals surface area contributed by atoms with Crippen LogP contribution >= 0.6 is 0 Å². The molecule has 1 aliphatic rings. The first-order chi connectivity index (χ1) is 13.0. The molecular weight excluding hydrogens is 348 g/mol. The monoisotopic (exact) mass is 370 g/mol. The molecular formula is C20H22N2O5. The lowest BCUT2D eigenvalue weighted by Crippen LogP contribution is -2.27. The van der Waals surface area contributed by atoms with Gasteiger partial charge in [0.15, 0.2) is 23.0 Å². The number of carbonyl (C=O) groups excluding carboxylic acids is 1. The van der Waals surface area contributed by atoms with Crippen LogP contribution < -0.4 is 23.8 Å². The number of fused-ring (bicyclic) bond motifs is 1. The number of benzodiazepines with no additional fused rings is 1. The SMILES string of the molecule is COc1ccc(C2=NCC(=O)N(C)c3cc(OC)c(OC)cc32)cc1OC. The Morgan fingerprint density at radius 1 is 0.852 bits per heavy atom. The predicted octanol–water partition coefficient (Wildman–Crippen LogP) is 2.53. The Morgan fingerprint density at radius 3 is 2.07 bits per heavy atom. The lowest BCUT2D eigenvalue weighted by Gasteiger charge is -2.20. The van der Waals surface area contributed by atoms with Gasteiger partial charge in [-0.2, -0.15) is 0 Å². The molecule has 27 heavy (non-hydrogen) atoms. The number of aliphatic imine (C=N–C) groups is 1. The highest BCUT2D eigenvalue weighted by molar-refractivity contribution is 6.20. The van der Waals surface area contributed by atoms with E-state index in [0.717, 1.165) is 11.1 Å². The summed E-state index contributed by atoms with van der Waals surface area (Å²) in [7, 11) is 8.02. The highest BCUT2D eigenvalue weighted by Crippen LogP contribution is 2.38. The van der Waals surface area contributed by atoms with Gasteiger partial charge in [-0.05, 0) is 24.3 Å². The first-order valence-corrected chi connectivity index (χ1v) is 8.33. The van der Waals surface area contributed by atoms with Gasteiger partial charge in [-0.15, -0.1) is 0 Å². The van der Waals surface area contributed by atoms with Crippen LogP contribution in [0.5, 0.6) is 23.0 Å². The van der Waals surface area contributed by atoms with Gasteiger partial charge in [0, 0.05) is 24.2 Å². The van der Waals surface area contributed by atoms with Crippen LogP contribution in [0.15, 0.2) is 35.3 Å². The number of likely N-dealkylation sites (N-methyl/N-ethyl adjacent to an activating group) is 1. The molecule has 0 N–H and O–H groups in total. The van der Waals surface area contributed by atoms with Gasteiger partial charge in [0.25, 0.3) is 0 Å². The fraction of sp³-hybridized carbons (Fsp3) is 0.300. The number of amides is 1. The zero-order valence-corrected chi connectivity index (χ0v) is 16.0. The van der Waals surface area contributed by atoms with Gasteiger partial charge in [0.2, 0.25) is 5.91 Å². The average Bonchev–Trinajstić information content (AvgIpc) is 2.83. The molecule has 0 bridgehead atoms. The minimum Gasteiger partial charge on any atom is -0.493 e. The second kappa shape index (κ2) is 7.57. The number of hydrogen-bond acceptors (Lipinski definition) is 6. The molecule has 142 valence electrons. The number of nitrogens with zero attached hydrogens (tertiary/aromatic N) is 2. The highest BCUT2D eigenvalue weighted by Gasteiger charge is 2.25. The van der Waals surface area contributed by atoms with E-state index in [2.05, 4.69) is 4.99 Å². The second-order valence-electron chi connectivity index (χ2n) is 5.91. The number of hydrogen-bond donors (Lipinski definition) is 0. The molecule has 0 unspecified atom stereocenters. The van der Waals surface area contributed by atoms with E-state index in [1.54, 1.807) is 46.5 Å². The van der Waals surface area contributed by atoms with Gasteiger partial charge in [-0.1, -0.05) is 0 Å². The highest BCUT2D eigenvalue weighted by atomic mass is 16.5. The largest absolute Gasteiger partial charge is 0.493 e. The average molecular weight is 370 g/mol. The number of carbonyl (C=O) groups is 1.